The minimum absolute atomic E-state index is 0.133. The van der Waals surface area contributed by atoms with E-state index in [1.807, 2.05) is 0 Å². The van der Waals surface area contributed by atoms with Gasteiger partial charge in [-0.25, -0.2) is 0 Å². The number of benzene rings is 1. The molecule has 1 saturated carbocycles. The van der Waals surface area contributed by atoms with E-state index < -0.39 is 30.4 Å². The van der Waals surface area contributed by atoms with Crippen molar-refractivity contribution >= 4 is 29.1 Å². The van der Waals surface area contributed by atoms with Crippen molar-refractivity contribution in [3.8, 4) is 5.75 Å². The number of carbonyl (C=O) groups excluding carboxylic acids is 3. The normalized spacial score (nSPS) is 18.1. The molecule has 1 heterocycles. The van der Waals surface area contributed by atoms with Crippen molar-refractivity contribution in [2.75, 3.05) is 43.6 Å². The number of alkyl halides is 2. The fourth-order valence-electron chi connectivity index (χ4n) is 3.72. The number of likely N-dealkylation sites (N-methyl/N-ethyl adjacent to an activating group) is 1. The Balaban J connectivity index is 1.78. The lowest BCUT2D eigenvalue weighted by molar-refractivity contribution is -0.132. The number of anilines is 2. The molecule has 1 aliphatic carbocycles. The topological polar surface area (TPSA) is 114 Å². The highest BCUT2D eigenvalue weighted by atomic mass is 19.3. The van der Waals surface area contributed by atoms with E-state index in [0.29, 0.717) is 12.5 Å². The van der Waals surface area contributed by atoms with Gasteiger partial charge in [0, 0.05) is 24.8 Å². The second-order valence-corrected chi connectivity index (χ2v) is 7.69. The number of primary amides is 1. The van der Waals surface area contributed by atoms with Crippen molar-refractivity contribution in [3.63, 3.8) is 0 Å². The maximum Gasteiger partial charge on any atom is 0.387 e. The first-order chi connectivity index (χ1) is 14.8. The summed E-state index contributed by atoms with van der Waals surface area (Å²) in [6.07, 6.45) is 3.19. The number of nitrogens with two attached hydrogens (primary N) is 1. The zero-order valence-corrected chi connectivity index (χ0v) is 17.2. The van der Waals surface area contributed by atoms with Crippen LogP contribution in [0.1, 0.15) is 19.3 Å². The fourth-order valence-corrected chi connectivity index (χ4v) is 3.72. The molecule has 2 aliphatic rings. The number of halogens is 2. The van der Waals surface area contributed by atoms with Gasteiger partial charge in [0.25, 0.3) is 11.8 Å². The van der Waals surface area contributed by atoms with E-state index in [1.165, 1.54) is 23.1 Å². The molecule has 2 fully saturated rings. The van der Waals surface area contributed by atoms with E-state index in [0.717, 1.165) is 19.3 Å². The summed E-state index contributed by atoms with van der Waals surface area (Å²) in [4.78, 5) is 39.6. The van der Waals surface area contributed by atoms with Gasteiger partial charge in [0.2, 0.25) is 5.91 Å². The Hall–Kier alpha value is -2.79. The average molecular weight is 440 g/mol. The largest absolute Gasteiger partial charge is 0.433 e. The highest BCUT2D eigenvalue weighted by Crippen LogP contribution is 2.34. The predicted molar refractivity (Wildman–Crippen MR) is 108 cm³/mol. The van der Waals surface area contributed by atoms with Crippen LogP contribution in [-0.2, 0) is 19.1 Å². The Labute approximate surface area is 178 Å². The van der Waals surface area contributed by atoms with Crippen molar-refractivity contribution in [1.82, 2.24) is 4.90 Å². The molecular weight excluding hydrogens is 414 g/mol. The van der Waals surface area contributed by atoms with E-state index in [-0.39, 0.29) is 36.9 Å². The third-order valence-corrected chi connectivity index (χ3v) is 5.45. The number of rotatable bonds is 9. The van der Waals surface area contributed by atoms with Crippen LogP contribution in [0.3, 0.4) is 0 Å². The first-order valence-electron chi connectivity index (χ1n) is 10.0. The van der Waals surface area contributed by atoms with Gasteiger partial charge in [-0.2, -0.15) is 8.78 Å². The molecular formula is C20H26F2N4O5. The van der Waals surface area contributed by atoms with Gasteiger partial charge in [0.15, 0.2) is 11.8 Å². The summed E-state index contributed by atoms with van der Waals surface area (Å²) in [6, 6.07) is 2.82. The van der Waals surface area contributed by atoms with Gasteiger partial charge in [-0.05, 0) is 37.9 Å². The summed E-state index contributed by atoms with van der Waals surface area (Å²) in [5.41, 5.74) is 5.71. The van der Waals surface area contributed by atoms with Gasteiger partial charge in [0.1, 0.15) is 6.61 Å². The highest BCUT2D eigenvalue weighted by molar-refractivity contribution is 6.09. The number of hydrogen-bond acceptors (Lipinski definition) is 6. The average Bonchev–Trinajstić information content (AvgIpc) is 2.65. The maximum atomic E-state index is 13.0. The highest BCUT2D eigenvalue weighted by Gasteiger charge is 2.32. The number of amides is 3. The summed E-state index contributed by atoms with van der Waals surface area (Å²) < 4.78 is 35.5. The molecule has 1 saturated heterocycles. The first-order valence-corrected chi connectivity index (χ1v) is 10.0. The number of carbonyl (C=O) groups is 3. The number of ether oxygens (including phenoxy) is 2. The molecule has 0 unspecified atom stereocenters. The zero-order valence-electron chi connectivity index (χ0n) is 17.2. The van der Waals surface area contributed by atoms with Crippen molar-refractivity contribution in [3.05, 3.63) is 18.2 Å². The van der Waals surface area contributed by atoms with Crippen LogP contribution in [0.25, 0.3) is 0 Å². The summed E-state index contributed by atoms with van der Waals surface area (Å²) in [6.45, 7) is -2.31. The monoisotopic (exact) mass is 440 g/mol. The Morgan fingerprint density at radius 3 is 2.71 bits per heavy atom. The molecule has 0 bridgehead atoms. The van der Waals surface area contributed by atoms with Crippen LogP contribution in [-0.4, -0.2) is 68.6 Å². The molecule has 3 N–H and O–H groups in total. The Morgan fingerprint density at radius 2 is 2.13 bits per heavy atom. The van der Waals surface area contributed by atoms with Crippen molar-refractivity contribution in [2.45, 2.75) is 31.9 Å². The van der Waals surface area contributed by atoms with Gasteiger partial charge in [-0.1, -0.05) is 6.42 Å². The SMILES string of the molecule is CN(CC1CCC1)[C@@H](C(N)=O)C(=O)Nc1ccc(N2CCOCC2=O)c(OC(F)F)c1. The molecule has 0 spiro atoms. The molecule has 31 heavy (non-hydrogen) atoms. The van der Waals surface area contributed by atoms with Gasteiger partial charge >= 0.3 is 6.61 Å². The molecule has 1 atom stereocenters. The number of hydrogen-bond donors (Lipinski definition) is 2. The van der Waals surface area contributed by atoms with Crippen LogP contribution >= 0.6 is 0 Å². The molecule has 11 heteroatoms. The Morgan fingerprint density at radius 1 is 1.39 bits per heavy atom. The van der Waals surface area contributed by atoms with Crippen LogP contribution < -0.4 is 20.7 Å². The molecule has 0 radical (unpaired) electrons. The summed E-state index contributed by atoms with van der Waals surface area (Å²) >= 11 is 0. The van der Waals surface area contributed by atoms with E-state index in [9.17, 15) is 23.2 Å². The minimum atomic E-state index is -3.13. The van der Waals surface area contributed by atoms with Gasteiger partial charge in [-0.3, -0.25) is 19.3 Å². The van der Waals surface area contributed by atoms with Crippen molar-refractivity contribution < 1.29 is 32.6 Å². The number of morpholine rings is 1. The quantitative estimate of drug-likeness (QED) is 0.558. The molecule has 0 aromatic heterocycles. The van der Waals surface area contributed by atoms with E-state index in [1.54, 1.807) is 11.9 Å². The molecule has 9 nitrogen and oxygen atoms in total. The van der Waals surface area contributed by atoms with Crippen molar-refractivity contribution in [2.24, 2.45) is 11.7 Å². The van der Waals surface area contributed by atoms with E-state index in [4.69, 9.17) is 10.5 Å². The first kappa shape index (κ1) is 22.9. The van der Waals surface area contributed by atoms with E-state index >= 15 is 0 Å². The predicted octanol–water partition coefficient (Wildman–Crippen LogP) is 1.18. The third kappa shape index (κ3) is 5.67. The fraction of sp³-hybridized carbons (Fsp3) is 0.550. The Kier molecular flexibility index (Phi) is 7.39. The Bertz CT molecular complexity index is 834. The number of nitrogens with one attached hydrogen (secondary N) is 1. The minimum Gasteiger partial charge on any atom is -0.433 e. The van der Waals surface area contributed by atoms with Gasteiger partial charge in [0.05, 0.1) is 12.3 Å². The van der Waals surface area contributed by atoms with Crippen LogP contribution in [0.4, 0.5) is 20.2 Å². The summed E-state index contributed by atoms with van der Waals surface area (Å²) in [5.74, 6) is -1.74. The molecule has 3 amide bonds. The van der Waals surface area contributed by atoms with E-state index in [2.05, 4.69) is 10.1 Å². The maximum absolute atomic E-state index is 13.0. The van der Waals surface area contributed by atoms with Crippen molar-refractivity contribution in [1.29, 1.82) is 0 Å². The van der Waals surface area contributed by atoms with Crippen LogP contribution in [0.2, 0.25) is 0 Å². The molecule has 3 rings (SSSR count). The van der Waals surface area contributed by atoms with Crippen LogP contribution in [0.15, 0.2) is 18.2 Å². The lowest BCUT2D eigenvalue weighted by Gasteiger charge is -2.33. The molecule has 1 aromatic carbocycles. The second kappa shape index (κ2) is 10.0. The molecule has 170 valence electrons. The molecule has 1 aliphatic heterocycles. The standard InChI is InChI=1S/C20H26F2N4O5/c1-25(10-12-3-2-4-12)17(18(23)28)19(29)24-13-5-6-14(15(9-13)31-20(21)22)26-7-8-30-11-16(26)27/h5-6,9,12,17,20H,2-4,7-8,10-11H2,1H3,(H2,23,28)(H,24,29)/t17-/m0/s1. The summed E-state index contributed by atoms with van der Waals surface area (Å²) in [7, 11) is 1.64. The van der Waals surface area contributed by atoms with Gasteiger partial charge in [-0.15, -0.1) is 0 Å². The second-order valence-electron chi connectivity index (χ2n) is 7.69. The smallest absolute Gasteiger partial charge is 0.387 e. The number of nitrogens with zero attached hydrogens (tertiary/aromatic N) is 2. The van der Waals surface area contributed by atoms with Crippen LogP contribution in [0, 0.1) is 5.92 Å². The summed E-state index contributed by atoms with van der Waals surface area (Å²) in [5, 5.41) is 2.53. The lowest BCUT2D eigenvalue weighted by Crippen LogP contribution is -2.52. The third-order valence-electron chi connectivity index (χ3n) is 5.45. The lowest BCUT2D eigenvalue weighted by atomic mass is 9.85. The zero-order chi connectivity index (χ0) is 22.5. The van der Waals surface area contributed by atoms with Crippen LogP contribution in [0.5, 0.6) is 5.75 Å². The van der Waals surface area contributed by atoms with Gasteiger partial charge < -0.3 is 25.4 Å². The molecule has 1 aromatic rings.